The second-order valence-electron chi connectivity index (χ2n) is 11.8. The maximum absolute atomic E-state index is 13.0. The van der Waals surface area contributed by atoms with Crippen LogP contribution >= 0.6 is 0 Å². The smallest absolute Gasteiger partial charge is 0.351 e. The molecule has 3 aliphatic rings. The predicted octanol–water partition coefficient (Wildman–Crippen LogP) is 7.04. The third-order valence-corrected chi connectivity index (χ3v) is 9.05. The highest BCUT2D eigenvalue weighted by Crippen LogP contribution is 2.49. The van der Waals surface area contributed by atoms with Gasteiger partial charge >= 0.3 is 6.18 Å². The first-order chi connectivity index (χ1) is 19.3. The number of aromatic amines is 1. The number of nitrogens with zero attached hydrogens (tertiary/aromatic N) is 3. The summed E-state index contributed by atoms with van der Waals surface area (Å²) in [6, 6.07) is 9.23. The quantitative estimate of drug-likeness (QED) is 0.264. The molecule has 0 radical (unpaired) electrons. The summed E-state index contributed by atoms with van der Waals surface area (Å²) in [7, 11) is 0. The van der Waals surface area contributed by atoms with Crippen LogP contribution in [-0.4, -0.2) is 32.0 Å². The van der Waals surface area contributed by atoms with Gasteiger partial charge in [-0.25, -0.2) is 4.98 Å². The van der Waals surface area contributed by atoms with Crippen molar-refractivity contribution in [1.29, 1.82) is 0 Å². The molecule has 2 aromatic heterocycles. The van der Waals surface area contributed by atoms with Crippen LogP contribution in [0.2, 0.25) is 0 Å². The van der Waals surface area contributed by atoms with Gasteiger partial charge in [0, 0.05) is 42.8 Å². The molecule has 3 saturated carbocycles. The van der Waals surface area contributed by atoms with Crippen LogP contribution in [0.25, 0.3) is 0 Å². The summed E-state index contributed by atoms with van der Waals surface area (Å²) < 4.78 is 39.1. The van der Waals surface area contributed by atoms with Gasteiger partial charge in [-0.2, -0.15) is 23.3 Å². The Kier molecular flexibility index (Phi) is 7.51. The first kappa shape index (κ1) is 26.8. The van der Waals surface area contributed by atoms with Crippen LogP contribution in [-0.2, 0) is 17.4 Å². The van der Waals surface area contributed by atoms with Gasteiger partial charge in [0.15, 0.2) is 5.82 Å². The molecule has 10 heteroatoms. The minimum absolute atomic E-state index is 0.0178. The number of nitrogens with one attached hydrogen (secondary N) is 3. The van der Waals surface area contributed by atoms with Crippen molar-refractivity contribution in [3.8, 4) is 0 Å². The molecule has 3 aliphatic carbocycles. The molecule has 1 aromatic carbocycles. The molecule has 3 fully saturated rings. The first-order valence-electron chi connectivity index (χ1n) is 14.4. The predicted molar refractivity (Wildman–Crippen MR) is 146 cm³/mol. The maximum Gasteiger partial charge on any atom is 0.416 e. The number of H-pyrrole nitrogens is 1. The van der Waals surface area contributed by atoms with E-state index in [4.69, 9.17) is 0 Å². The number of aromatic nitrogens is 4. The fraction of sp³-hybridized carbons (Fsp3) is 0.533. The Bertz CT molecular complexity index is 1320. The zero-order valence-electron chi connectivity index (χ0n) is 22.4. The molecule has 6 rings (SSSR count). The van der Waals surface area contributed by atoms with Crippen molar-refractivity contribution in [2.75, 3.05) is 10.6 Å². The van der Waals surface area contributed by atoms with E-state index in [2.05, 4.69) is 36.9 Å². The second-order valence-corrected chi connectivity index (χ2v) is 11.8. The average molecular weight is 553 g/mol. The van der Waals surface area contributed by atoms with Crippen molar-refractivity contribution in [2.45, 2.75) is 82.3 Å². The highest BCUT2D eigenvalue weighted by molar-refractivity contribution is 5.81. The van der Waals surface area contributed by atoms with Crippen molar-refractivity contribution in [1.82, 2.24) is 20.2 Å². The average Bonchev–Trinajstić information content (AvgIpc) is 3.65. The Balaban J connectivity index is 1.02. The SMILES string of the molecule is O=C(Cc1cccc(C(F)(F)F)c1)CC1[C@@H]2CC[C@H]1CC(Nc1nccc(Nc3cc(C4CCCC4)[nH]n3)n1)C2. The number of carbonyl (C=O) groups excluding carboxylic acids is 1. The fourth-order valence-corrected chi connectivity index (χ4v) is 7.18. The number of rotatable bonds is 9. The lowest BCUT2D eigenvalue weighted by atomic mass is 9.73. The van der Waals surface area contributed by atoms with E-state index in [1.165, 1.54) is 37.4 Å². The van der Waals surface area contributed by atoms with Crippen molar-refractivity contribution in [2.24, 2.45) is 17.8 Å². The largest absolute Gasteiger partial charge is 0.416 e. The molecule has 0 spiro atoms. The molecule has 2 unspecified atom stereocenters. The molecule has 7 nitrogen and oxygen atoms in total. The molecular weight excluding hydrogens is 517 g/mol. The summed E-state index contributed by atoms with van der Waals surface area (Å²) in [4.78, 5) is 21.9. The number of anilines is 3. The highest BCUT2D eigenvalue weighted by atomic mass is 19.4. The summed E-state index contributed by atoms with van der Waals surface area (Å²) in [6.07, 6.45) is 6.79. The molecule has 2 bridgehead atoms. The number of Topliss-reactive ketones (excluding diaryl/α,β-unsaturated/α-hetero) is 1. The van der Waals surface area contributed by atoms with Gasteiger partial charge in [0.2, 0.25) is 5.95 Å². The van der Waals surface area contributed by atoms with Gasteiger partial charge in [-0.05, 0) is 74.0 Å². The molecule has 0 saturated heterocycles. The standard InChI is InChI=1S/C30H35F3N6O/c31-30(32,33)22-7-3-4-18(12-22)13-24(40)16-25-20-8-9-21(25)15-23(14-20)35-29-34-11-10-27(37-29)36-28-17-26(38-39-28)19-5-1-2-6-19/h3-4,7,10-12,17,19-21,23,25H,1-2,5-6,8-9,13-16H2,(H3,34,35,36,37,38,39)/t20-,21+,23?,25?. The number of benzene rings is 1. The number of halogens is 3. The summed E-state index contributed by atoms with van der Waals surface area (Å²) >= 11 is 0. The molecular formula is C30H35F3N6O. The van der Waals surface area contributed by atoms with Gasteiger partial charge < -0.3 is 10.6 Å². The minimum Gasteiger partial charge on any atom is -0.351 e. The molecule has 4 atom stereocenters. The Morgan fingerprint density at radius 1 is 1.00 bits per heavy atom. The normalized spacial score (nSPS) is 24.8. The van der Waals surface area contributed by atoms with Gasteiger partial charge in [0.05, 0.1) is 5.56 Å². The molecule has 0 aliphatic heterocycles. The second kappa shape index (κ2) is 11.2. The number of hydrogen-bond acceptors (Lipinski definition) is 6. The van der Waals surface area contributed by atoms with Crippen LogP contribution in [0.4, 0.5) is 30.8 Å². The van der Waals surface area contributed by atoms with Crippen LogP contribution in [0, 0.1) is 17.8 Å². The Hall–Kier alpha value is -3.43. The minimum atomic E-state index is -4.40. The lowest BCUT2D eigenvalue weighted by Gasteiger charge is -2.35. The van der Waals surface area contributed by atoms with Crippen LogP contribution in [0.1, 0.15) is 80.5 Å². The van der Waals surface area contributed by atoms with E-state index in [0.29, 0.717) is 47.4 Å². The van der Waals surface area contributed by atoms with Gasteiger partial charge in [0.1, 0.15) is 11.6 Å². The number of ketones is 1. The van der Waals surface area contributed by atoms with Gasteiger partial charge in [-0.1, -0.05) is 31.0 Å². The molecule has 0 amide bonds. The number of carbonyl (C=O) groups is 1. The van der Waals surface area contributed by atoms with E-state index in [1.54, 1.807) is 12.3 Å². The highest BCUT2D eigenvalue weighted by Gasteiger charge is 2.43. The summed E-state index contributed by atoms with van der Waals surface area (Å²) in [6.45, 7) is 0. The molecule has 2 heterocycles. The topological polar surface area (TPSA) is 95.6 Å². The molecule has 212 valence electrons. The van der Waals surface area contributed by atoms with E-state index in [0.717, 1.165) is 43.6 Å². The number of alkyl halides is 3. The Morgan fingerprint density at radius 3 is 2.52 bits per heavy atom. The summed E-state index contributed by atoms with van der Waals surface area (Å²) in [5, 5.41) is 14.4. The monoisotopic (exact) mass is 552 g/mol. The van der Waals surface area contributed by atoms with Crippen molar-refractivity contribution in [3.63, 3.8) is 0 Å². The molecule has 3 N–H and O–H groups in total. The van der Waals surface area contributed by atoms with Crippen LogP contribution in [0.15, 0.2) is 42.6 Å². The van der Waals surface area contributed by atoms with Gasteiger partial charge in [0.25, 0.3) is 0 Å². The van der Waals surface area contributed by atoms with Crippen LogP contribution < -0.4 is 10.6 Å². The fourth-order valence-electron chi connectivity index (χ4n) is 7.18. The lowest BCUT2D eigenvalue weighted by Crippen LogP contribution is -2.35. The summed E-state index contributed by atoms with van der Waals surface area (Å²) in [5.41, 5.74) is 0.898. The van der Waals surface area contributed by atoms with E-state index >= 15 is 0 Å². The third-order valence-electron chi connectivity index (χ3n) is 9.05. The van der Waals surface area contributed by atoms with Crippen molar-refractivity contribution < 1.29 is 18.0 Å². The van der Waals surface area contributed by atoms with Crippen molar-refractivity contribution >= 4 is 23.4 Å². The van der Waals surface area contributed by atoms with Gasteiger partial charge in [-0.3, -0.25) is 9.89 Å². The first-order valence-corrected chi connectivity index (χ1v) is 14.4. The van der Waals surface area contributed by atoms with E-state index in [1.807, 2.05) is 6.07 Å². The van der Waals surface area contributed by atoms with Crippen LogP contribution in [0.5, 0.6) is 0 Å². The van der Waals surface area contributed by atoms with E-state index in [-0.39, 0.29) is 18.2 Å². The van der Waals surface area contributed by atoms with E-state index in [9.17, 15) is 18.0 Å². The zero-order valence-corrected chi connectivity index (χ0v) is 22.4. The number of hydrogen-bond donors (Lipinski definition) is 3. The van der Waals surface area contributed by atoms with Crippen molar-refractivity contribution in [3.05, 3.63) is 59.4 Å². The maximum atomic E-state index is 13.0. The Morgan fingerprint density at radius 2 is 1.77 bits per heavy atom. The van der Waals surface area contributed by atoms with Crippen LogP contribution in [0.3, 0.4) is 0 Å². The van der Waals surface area contributed by atoms with Gasteiger partial charge in [-0.15, -0.1) is 0 Å². The molecule has 40 heavy (non-hydrogen) atoms. The Labute approximate surface area is 231 Å². The lowest BCUT2D eigenvalue weighted by molar-refractivity contribution is -0.137. The summed E-state index contributed by atoms with van der Waals surface area (Å²) in [5.74, 6) is 3.70. The number of fused-ring (bicyclic) bond motifs is 2. The third kappa shape index (κ3) is 6.15. The zero-order chi connectivity index (χ0) is 27.7. The van der Waals surface area contributed by atoms with E-state index < -0.39 is 11.7 Å². The molecule has 3 aromatic rings.